The Balaban J connectivity index is 2.12. The number of carbonyl (C=O) groups is 1. The van der Waals surface area contributed by atoms with Gasteiger partial charge >= 0.3 is 0 Å². The van der Waals surface area contributed by atoms with Crippen LogP contribution in [0.25, 0.3) is 10.2 Å². The summed E-state index contributed by atoms with van der Waals surface area (Å²) in [6, 6.07) is 5.93. The molecule has 0 fully saturated rings. The number of fused-ring (bicyclic) bond motifs is 1. The Labute approximate surface area is 112 Å². The van der Waals surface area contributed by atoms with Crippen LogP contribution in [0, 0.1) is 0 Å². The number of thiazole rings is 1. The third-order valence-electron chi connectivity index (χ3n) is 2.24. The molecule has 4 nitrogen and oxygen atoms in total. The van der Waals surface area contributed by atoms with E-state index in [1.165, 1.54) is 0 Å². The Morgan fingerprint density at radius 3 is 3.00 bits per heavy atom. The highest BCUT2D eigenvalue weighted by molar-refractivity contribution is 9.10. The molecule has 17 heavy (non-hydrogen) atoms. The topological polar surface area (TPSA) is 45.2 Å². The van der Waals surface area contributed by atoms with Gasteiger partial charge in [-0.05, 0) is 18.2 Å². The molecular weight excluding hydrogens is 302 g/mol. The second kappa shape index (κ2) is 5.01. The number of benzene rings is 1. The summed E-state index contributed by atoms with van der Waals surface area (Å²) in [5.41, 5.74) is 0.943. The van der Waals surface area contributed by atoms with Gasteiger partial charge in [-0.2, -0.15) is 0 Å². The van der Waals surface area contributed by atoms with Crippen molar-refractivity contribution in [1.29, 1.82) is 0 Å². The number of amides is 1. The number of aromatic nitrogens is 1. The Hall–Kier alpha value is -1.14. The summed E-state index contributed by atoms with van der Waals surface area (Å²) in [4.78, 5) is 17.4. The first kappa shape index (κ1) is 12.3. The number of nitrogens with one attached hydrogen (secondary N) is 1. The van der Waals surface area contributed by atoms with E-state index in [0.29, 0.717) is 0 Å². The molecule has 1 N–H and O–H groups in total. The normalized spacial score (nSPS) is 10.5. The summed E-state index contributed by atoms with van der Waals surface area (Å²) in [6.07, 6.45) is 0. The van der Waals surface area contributed by atoms with Gasteiger partial charge in [-0.25, -0.2) is 4.98 Å². The molecule has 0 saturated heterocycles. The maximum Gasteiger partial charge on any atom is 0.241 e. The first-order valence-electron chi connectivity index (χ1n) is 5.06. The Morgan fingerprint density at radius 2 is 2.29 bits per heavy atom. The van der Waals surface area contributed by atoms with Crippen LogP contribution in [0.2, 0.25) is 0 Å². The van der Waals surface area contributed by atoms with Gasteiger partial charge in [0, 0.05) is 18.6 Å². The van der Waals surface area contributed by atoms with Crippen molar-refractivity contribution in [1.82, 2.24) is 9.88 Å². The maximum atomic E-state index is 11.4. The van der Waals surface area contributed by atoms with Crippen LogP contribution in [0.5, 0.6) is 0 Å². The second-order valence-corrected chi connectivity index (χ2v) is 5.72. The molecule has 0 radical (unpaired) electrons. The van der Waals surface area contributed by atoms with Crippen molar-refractivity contribution >= 4 is 48.5 Å². The molecular formula is C11H12BrN3OS. The quantitative estimate of drug-likeness (QED) is 0.947. The number of carbonyl (C=O) groups excluding carboxylic acids is 1. The highest BCUT2D eigenvalue weighted by atomic mass is 79.9. The molecule has 0 aliphatic carbocycles. The van der Waals surface area contributed by atoms with Gasteiger partial charge in [-0.1, -0.05) is 27.3 Å². The molecule has 0 bridgehead atoms. The molecule has 6 heteroatoms. The van der Waals surface area contributed by atoms with Crippen molar-refractivity contribution in [3.63, 3.8) is 0 Å². The molecule has 1 amide bonds. The predicted molar refractivity (Wildman–Crippen MR) is 74.5 cm³/mol. The van der Waals surface area contributed by atoms with Crippen LogP contribution in [-0.4, -0.2) is 36.4 Å². The maximum absolute atomic E-state index is 11.4. The minimum atomic E-state index is 0.0328. The van der Waals surface area contributed by atoms with E-state index in [1.54, 1.807) is 30.3 Å². The fourth-order valence-corrected chi connectivity index (χ4v) is 2.70. The van der Waals surface area contributed by atoms with E-state index in [4.69, 9.17) is 0 Å². The number of halogens is 1. The predicted octanol–water partition coefficient (Wildman–Crippen LogP) is 2.56. The summed E-state index contributed by atoms with van der Waals surface area (Å²) in [6.45, 7) is 0.272. The molecule has 1 aromatic heterocycles. The van der Waals surface area contributed by atoms with E-state index in [0.717, 1.165) is 19.8 Å². The van der Waals surface area contributed by atoms with E-state index in [9.17, 15) is 4.79 Å². The van der Waals surface area contributed by atoms with Gasteiger partial charge in [0.25, 0.3) is 0 Å². The summed E-state index contributed by atoms with van der Waals surface area (Å²) >= 11 is 4.96. The van der Waals surface area contributed by atoms with Crippen LogP contribution in [0.4, 0.5) is 5.13 Å². The minimum absolute atomic E-state index is 0.0328. The minimum Gasteiger partial charge on any atom is -0.352 e. The first-order valence-corrected chi connectivity index (χ1v) is 6.67. The van der Waals surface area contributed by atoms with Crippen molar-refractivity contribution in [2.75, 3.05) is 26.0 Å². The Kier molecular flexibility index (Phi) is 3.63. The third kappa shape index (κ3) is 2.95. The van der Waals surface area contributed by atoms with Gasteiger partial charge in [-0.15, -0.1) is 0 Å². The lowest BCUT2D eigenvalue weighted by molar-refractivity contribution is -0.126. The van der Waals surface area contributed by atoms with E-state index in [-0.39, 0.29) is 12.5 Å². The van der Waals surface area contributed by atoms with Crippen molar-refractivity contribution in [3.05, 3.63) is 22.7 Å². The zero-order chi connectivity index (χ0) is 12.4. The van der Waals surface area contributed by atoms with E-state index < -0.39 is 0 Å². The molecule has 1 heterocycles. The van der Waals surface area contributed by atoms with Crippen LogP contribution < -0.4 is 5.32 Å². The second-order valence-electron chi connectivity index (χ2n) is 3.77. The monoisotopic (exact) mass is 313 g/mol. The number of nitrogens with zero attached hydrogens (tertiary/aromatic N) is 2. The molecule has 90 valence electrons. The summed E-state index contributed by atoms with van der Waals surface area (Å²) in [7, 11) is 3.47. The average molecular weight is 314 g/mol. The molecule has 2 rings (SSSR count). The van der Waals surface area contributed by atoms with Crippen molar-refractivity contribution < 1.29 is 4.79 Å². The highest BCUT2D eigenvalue weighted by Gasteiger charge is 2.07. The molecule has 0 atom stereocenters. The van der Waals surface area contributed by atoms with Crippen molar-refractivity contribution in [2.45, 2.75) is 0 Å². The van der Waals surface area contributed by atoms with Crippen molar-refractivity contribution in [2.24, 2.45) is 0 Å². The fourth-order valence-electron chi connectivity index (χ4n) is 1.28. The van der Waals surface area contributed by atoms with Crippen molar-refractivity contribution in [3.8, 4) is 0 Å². The van der Waals surface area contributed by atoms with Crippen LogP contribution in [0.15, 0.2) is 22.7 Å². The molecule has 0 aliphatic rings. The lowest BCUT2D eigenvalue weighted by Gasteiger charge is -2.09. The van der Waals surface area contributed by atoms with Gasteiger partial charge in [-0.3, -0.25) is 4.79 Å². The number of rotatable bonds is 3. The standard InChI is InChI=1S/C11H12BrN3OS/c1-15(2)10(16)6-13-11-14-8-4-3-7(12)5-9(8)17-11/h3-5H,6H2,1-2H3,(H,13,14). The van der Waals surface area contributed by atoms with Crippen LogP contribution >= 0.6 is 27.3 Å². The molecule has 0 aliphatic heterocycles. The Morgan fingerprint density at radius 1 is 1.53 bits per heavy atom. The third-order valence-corrected chi connectivity index (χ3v) is 3.71. The van der Waals surface area contributed by atoms with E-state index in [1.807, 2.05) is 18.2 Å². The lowest BCUT2D eigenvalue weighted by Crippen LogP contribution is -2.28. The van der Waals surface area contributed by atoms with Crippen LogP contribution in [-0.2, 0) is 4.79 Å². The summed E-state index contributed by atoms with van der Waals surface area (Å²) < 4.78 is 2.13. The number of likely N-dealkylation sites (N-methyl/N-ethyl adjacent to an activating group) is 1. The number of anilines is 1. The van der Waals surface area contributed by atoms with Gasteiger partial charge in [0.15, 0.2) is 5.13 Å². The molecule has 1 aromatic carbocycles. The molecule has 0 saturated carbocycles. The molecule has 0 unspecified atom stereocenters. The Bertz CT molecular complexity index is 553. The van der Waals surface area contributed by atoms with Crippen LogP contribution in [0.3, 0.4) is 0 Å². The van der Waals surface area contributed by atoms with Crippen LogP contribution in [0.1, 0.15) is 0 Å². The summed E-state index contributed by atoms with van der Waals surface area (Å²) in [5.74, 6) is 0.0328. The van der Waals surface area contributed by atoms with Gasteiger partial charge < -0.3 is 10.2 Å². The fraction of sp³-hybridized carbons (Fsp3) is 0.273. The van der Waals surface area contributed by atoms with Gasteiger partial charge in [0.05, 0.1) is 16.8 Å². The number of hydrogen-bond donors (Lipinski definition) is 1. The summed E-state index contributed by atoms with van der Waals surface area (Å²) in [5, 5.41) is 3.81. The highest BCUT2D eigenvalue weighted by Crippen LogP contribution is 2.28. The zero-order valence-electron chi connectivity index (χ0n) is 9.53. The van der Waals surface area contributed by atoms with Gasteiger partial charge in [0.2, 0.25) is 5.91 Å². The SMILES string of the molecule is CN(C)C(=O)CNc1nc2ccc(Br)cc2s1. The average Bonchev–Trinajstić information content (AvgIpc) is 2.67. The molecule has 0 spiro atoms. The zero-order valence-corrected chi connectivity index (χ0v) is 11.9. The number of hydrogen-bond acceptors (Lipinski definition) is 4. The van der Waals surface area contributed by atoms with E-state index in [2.05, 4.69) is 26.2 Å². The first-order chi connectivity index (χ1) is 8.06. The lowest BCUT2D eigenvalue weighted by atomic mass is 10.3. The molecule has 2 aromatic rings. The van der Waals surface area contributed by atoms with E-state index >= 15 is 0 Å². The smallest absolute Gasteiger partial charge is 0.241 e. The largest absolute Gasteiger partial charge is 0.352 e. The van der Waals surface area contributed by atoms with Gasteiger partial charge in [0.1, 0.15) is 0 Å².